The lowest BCUT2D eigenvalue weighted by Gasteiger charge is -2.29. The molecule has 0 aliphatic carbocycles. The third-order valence-corrected chi connectivity index (χ3v) is 4.01. The minimum Gasteiger partial charge on any atom is -0.481 e. The van der Waals surface area contributed by atoms with Gasteiger partial charge in [0.05, 0.1) is 5.75 Å². The van der Waals surface area contributed by atoms with Gasteiger partial charge in [-0.1, -0.05) is 39.5 Å². The zero-order valence-corrected chi connectivity index (χ0v) is 11.5. The van der Waals surface area contributed by atoms with Gasteiger partial charge in [0.15, 0.2) is 5.16 Å². The number of hydrogen-bond donors (Lipinski definition) is 1. The Balaban J connectivity index is 2.72. The monoisotopic (exact) mass is 257 g/mol. The van der Waals surface area contributed by atoms with Gasteiger partial charge in [-0.25, -0.2) is 0 Å². The van der Waals surface area contributed by atoms with Crippen LogP contribution in [-0.4, -0.2) is 31.6 Å². The van der Waals surface area contributed by atoms with Crippen molar-refractivity contribution in [2.45, 2.75) is 39.4 Å². The first-order valence-corrected chi connectivity index (χ1v) is 6.54. The number of nitrogens with zero attached hydrogens (tertiary/aromatic N) is 3. The normalized spacial score (nSPS) is 12.1. The molecule has 96 valence electrons. The molecule has 0 aromatic carbocycles. The van der Waals surface area contributed by atoms with Crippen molar-refractivity contribution in [3.8, 4) is 0 Å². The molecule has 0 saturated carbocycles. The number of aromatic nitrogens is 3. The lowest BCUT2D eigenvalue weighted by atomic mass is 9.81. The fourth-order valence-electron chi connectivity index (χ4n) is 1.21. The van der Waals surface area contributed by atoms with Crippen LogP contribution in [0.3, 0.4) is 0 Å². The van der Waals surface area contributed by atoms with Gasteiger partial charge in [-0.3, -0.25) is 4.79 Å². The van der Waals surface area contributed by atoms with Crippen molar-refractivity contribution in [2.24, 2.45) is 11.3 Å². The van der Waals surface area contributed by atoms with E-state index in [1.807, 2.05) is 4.57 Å². The van der Waals surface area contributed by atoms with Crippen molar-refractivity contribution in [1.29, 1.82) is 0 Å². The van der Waals surface area contributed by atoms with Gasteiger partial charge in [-0.05, 0) is 11.3 Å². The van der Waals surface area contributed by atoms with E-state index in [4.69, 9.17) is 5.11 Å². The molecule has 0 unspecified atom stereocenters. The van der Waals surface area contributed by atoms with Crippen LogP contribution in [-0.2, 0) is 11.3 Å². The summed E-state index contributed by atoms with van der Waals surface area (Å²) in [5.41, 5.74) is 0.126. The molecule has 0 amide bonds. The Labute approximate surface area is 106 Å². The fraction of sp³-hybridized carbons (Fsp3) is 0.727. The van der Waals surface area contributed by atoms with Gasteiger partial charge in [-0.2, -0.15) is 0 Å². The second-order valence-electron chi connectivity index (χ2n) is 5.07. The average Bonchev–Trinajstić information content (AvgIpc) is 2.61. The highest BCUT2D eigenvalue weighted by atomic mass is 32.2. The smallest absolute Gasteiger partial charge is 0.313 e. The molecule has 1 aromatic heterocycles. The number of carboxylic acid groups (broad SMARTS) is 1. The van der Waals surface area contributed by atoms with E-state index in [1.54, 1.807) is 6.33 Å². The molecule has 5 nitrogen and oxygen atoms in total. The van der Waals surface area contributed by atoms with E-state index >= 15 is 0 Å². The number of thioether (sulfide) groups is 1. The van der Waals surface area contributed by atoms with E-state index in [-0.39, 0.29) is 11.2 Å². The Morgan fingerprint density at radius 1 is 1.59 bits per heavy atom. The fourth-order valence-corrected chi connectivity index (χ4v) is 1.85. The summed E-state index contributed by atoms with van der Waals surface area (Å²) < 4.78 is 1.92. The van der Waals surface area contributed by atoms with Crippen LogP contribution < -0.4 is 0 Å². The van der Waals surface area contributed by atoms with Crippen LogP contribution in [0.2, 0.25) is 0 Å². The first-order chi connectivity index (χ1) is 7.83. The van der Waals surface area contributed by atoms with E-state index in [9.17, 15) is 4.79 Å². The molecule has 0 fully saturated rings. The van der Waals surface area contributed by atoms with Gasteiger partial charge >= 0.3 is 5.97 Å². The number of rotatable bonds is 6. The molecule has 0 spiro atoms. The van der Waals surface area contributed by atoms with Crippen LogP contribution in [0.25, 0.3) is 0 Å². The molecule has 0 bridgehead atoms. The second kappa shape index (κ2) is 5.53. The first kappa shape index (κ1) is 14.0. The van der Waals surface area contributed by atoms with E-state index < -0.39 is 5.97 Å². The molecule has 0 aliphatic rings. The van der Waals surface area contributed by atoms with Crippen molar-refractivity contribution in [3.05, 3.63) is 6.33 Å². The van der Waals surface area contributed by atoms with Crippen LogP contribution in [0.15, 0.2) is 11.5 Å². The highest BCUT2D eigenvalue weighted by molar-refractivity contribution is 7.99. The van der Waals surface area contributed by atoms with Gasteiger partial charge in [0, 0.05) is 6.54 Å². The summed E-state index contributed by atoms with van der Waals surface area (Å²) in [5, 5.41) is 17.1. The number of hydrogen-bond acceptors (Lipinski definition) is 4. The third-order valence-electron chi connectivity index (χ3n) is 3.05. The first-order valence-electron chi connectivity index (χ1n) is 5.55. The molecule has 1 N–H and O–H groups in total. The SMILES string of the molecule is CC(C)C(C)(C)Cn1cnnc1SCC(=O)O. The van der Waals surface area contributed by atoms with Gasteiger partial charge < -0.3 is 9.67 Å². The average molecular weight is 257 g/mol. The van der Waals surface area contributed by atoms with Crippen LogP contribution in [0.4, 0.5) is 0 Å². The molecule has 1 heterocycles. The van der Waals surface area contributed by atoms with E-state index in [0.717, 1.165) is 6.54 Å². The van der Waals surface area contributed by atoms with Crippen molar-refractivity contribution < 1.29 is 9.90 Å². The van der Waals surface area contributed by atoms with Crippen LogP contribution in [0, 0.1) is 11.3 Å². The van der Waals surface area contributed by atoms with Gasteiger partial charge in [-0.15, -0.1) is 10.2 Å². The van der Waals surface area contributed by atoms with Crippen molar-refractivity contribution in [2.75, 3.05) is 5.75 Å². The lowest BCUT2D eigenvalue weighted by molar-refractivity contribution is -0.133. The van der Waals surface area contributed by atoms with Crippen LogP contribution in [0.1, 0.15) is 27.7 Å². The van der Waals surface area contributed by atoms with Crippen molar-refractivity contribution in [1.82, 2.24) is 14.8 Å². The predicted octanol–water partition coefficient (Wildman–Crippen LogP) is 2.14. The predicted molar refractivity (Wildman–Crippen MR) is 67.0 cm³/mol. The standard InChI is InChI=1S/C11H19N3O2S/c1-8(2)11(3,4)6-14-7-12-13-10(14)17-5-9(15)16/h7-8H,5-6H2,1-4H3,(H,15,16). The summed E-state index contributed by atoms with van der Waals surface area (Å²) in [6.45, 7) is 9.51. The molecule has 1 aromatic rings. The Hall–Kier alpha value is -1.04. The highest BCUT2D eigenvalue weighted by Gasteiger charge is 2.24. The molecular weight excluding hydrogens is 238 g/mol. The maximum Gasteiger partial charge on any atom is 0.313 e. The molecule has 0 atom stereocenters. The Morgan fingerprint density at radius 3 is 2.76 bits per heavy atom. The summed E-state index contributed by atoms with van der Waals surface area (Å²) in [4.78, 5) is 10.5. The minimum absolute atomic E-state index is 0.0147. The zero-order valence-electron chi connectivity index (χ0n) is 10.7. The van der Waals surface area contributed by atoms with E-state index in [1.165, 1.54) is 11.8 Å². The Morgan fingerprint density at radius 2 is 2.24 bits per heavy atom. The molecule has 0 saturated heterocycles. The molecular formula is C11H19N3O2S. The lowest BCUT2D eigenvalue weighted by Crippen LogP contribution is -2.25. The summed E-state index contributed by atoms with van der Waals surface area (Å²) in [6, 6.07) is 0. The van der Waals surface area contributed by atoms with E-state index in [0.29, 0.717) is 11.1 Å². The highest BCUT2D eigenvalue weighted by Crippen LogP contribution is 2.29. The number of carbonyl (C=O) groups is 1. The molecule has 0 radical (unpaired) electrons. The molecule has 1 rings (SSSR count). The minimum atomic E-state index is -0.840. The van der Waals surface area contributed by atoms with E-state index in [2.05, 4.69) is 37.9 Å². The van der Waals surface area contributed by atoms with Crippen LogP contribution in [0.5, 0.6) is 0 Å². The molecule has 17 heavy (non-hydrogen) atoms. The summed E-state index contributed by atoms with van der Waals surface area (Å²) in [5.74, 6) is -0.296. The third kappa shape index (κ3) is 4.03. The Kier molecular flexibility index (Phi) is 4.56. The van der Waals surface area contributed by atoms with Gasteiger partial charge in [0.1, 0.15) is 6.33 Å². The summed E-state index contributed by atoms with van der Waals surface area (Å²) in [6.07, 6.45) is 1.66. The maximum atomic E-state index is 10.5. The van der Waals surface area contributed by atoms with Crippen molar-refractivity contribution in [3.63, 3.8) is 0 Å². The summed E-state index contributed by atoms with van der Waals surface area (Å²) >= 11 is 1.20. The number of aliphatic carboxylic acids is 1. The largest absolute Gasteiger partial charge is 0.481 e. The van der Waals surface area contributed by atoms with Crippen LogP contribution >= 0.6 is 11.8 Å². The molecule has 6 heteroatoms. The summed E-state index contributed by atoms with van der Waals surface area (Å²) in [7, 11) is 0. The second-order valence-corrected chi connectivity index (χ2v) is 6.01. The Bertz CT molecular complexity index is 388. The number of carboxylic acids is 1. The zero-order chi connectivity index (χ0) is 13.1. The quantitative estimate of drug-likeness (QED) is 0.791. The van der Waals surface area contributed by atoms with Crippen molar-refractivity contribution >= 4 is 17.7 Å². The van der Waals surface area contributed by atoms with Gasteiger partial charge in [0.25, 0.3) is 0 Å². The maximum absolute atomic E-state index is 10.5. The topological polar surface area (TPSA) is 68.0 Å². The molecule has 0 aliphatic heterocycles. The van der Waals surface area contributed by atoms with Gasteiger partial charge in [0.2, 0.25) is 0 Å².